The predicted octanol–water partition coefficient (Wildman–Crippen LogP) is 3.33. The van der Waals surface area contributed by atoms with Gasteiger partial charge in [-0.2, -0.15) is 0 Å². The number of hydrogen-bond donors (Lipinski definition) is 2. The van der Waals surface area contributed by atoms with E-state index in [0.717, 1.165) is 42.0 Å². The zero-order chi connectivity index (χ0) is 15.8. The normalized spacial score (nSPS) is 10.6. The molecule has 0 unspecified atom stereocenters. The largest absolute Gasteiger partial charge is 0.493 e. The monoisotopic (exact) mass is 300 g/mol. The Labute approximate surface area is 131 Å². The van der Waals surface area contributed by atoms with Crippen LogP contribution in [0.2, 0.25) is 0 Å². The molecule has 0 fully saturated rings. The lowest BCUT2D eigenvalue weighted by molar-refractivity contribution is 0.341. The Kier molecular flexibility index (Phi) is 6.22. The fourth-order valence-corrected chi connectivity index (χ4v) is 2.30. The molecule has 22 heavy (non-hydrogen) atoms. The second-order valence-corrected chi connectivity index (χ2v) is 5.19. The van der Waals surface area contributed by atoms with E-state index in [1.165, 1.54) is 0 Å². The summed E-state index contributed by atoms with van der Waals surface area (Å²) in [6, 6.07) is 11.6. The van der Waals surface area contributed by atoms with Crippen molar-refractivity contribution in [2.24, 2.45) is 0 Å². The number of pyridine rings is 1. The maximum atomic E-state index is 12.2. The number of rotatable bonds is 8. The highest BCUT2D eigenvalue weighted by molar-refractivity contribution is 5.66. The summed E-state index contributed by atoms with van der Waals surface area (Å²) in [5, 5.41) is 3.29. The van der Waals surface area contributed by atoms with Gasteiger partial charge in [0.2, 0.25) is 0 Å². The highest BCUT2D eigenvalue weighted by Gasteiger charge is 2.08. The molecule has 1 heterocycles. The fourth-order valence-electron chi connectivity index (χ4n) is 2.30. The summed E-state index contributed by atoms with van der Waals surface area (Å²) in [4.78, 5) is 15.2. The van der Waals surface area contributed by atoms with Crippen molar-refractivity contribution >= 4 is 0 Å². The zero-order valence-corrected chi connectivity index (χ0v) is 13.3. The van der Waals surface area contributed by atoms with Crippen LogP contribution in [-0.4, -0.2) is 18.1 Å². The van der Waals surface area contributed by atoms with E-state index in [9.17, 15) is 4.79 Å². The number of nitrogens with one attached hydrogen (secondary N) is 2. The number of unbranched alkanes of at least 4 members (excludes halogenated alkanes) is 1. The summed E-state index contributed by atoms with van der Waals surface area (Å²) in [6.07, 6.45) is 2.27. The van der Waals surface area contributed by atoms with Crippen LogP contribution in [0.5, 0.6) is 5.75 Å². The van der Waals surface area contributed by atoms with E-state index in [1.54, 1.807) is 0 Å². The van der Waals surface area contributed by atoms with Crippen molar-refractivity contribution in [3.8, 4) is 17.0 Å². The van der Waals surface area contributed by atoms with E-state index in [0.29, 0.717) is 13.2 Å². The topological polar surface area (TPSA) is 54.1 Å². The third kappa shape index (κ3) is 4.21. The van der Waals surface area contributed by atoms with Gasteiger partial charge in [-0.3, -0.25) is 4.79 Å². The van der Waals surface area contributed by atoms with Crippen LogP contribution in [0, 0.1) is 0 Å². The SMILES string of the molecule is CCCCNCc1ccc(-c2ccccc2OCC)[nH]c1=O. The van der Waals surface area contributed by atoms with Gasteiger partial charge in [-0.15, -0.1) is 0 Å². The Morgan fingerprint density at radius 3 is 2.68 bits per heavy atom. The molecular weight excluding hydrogens is 276 g/mol. The number of hydrogen-bond acceptors (Lipinski definition) is 3. The molecule has 0 radical (unpaired) electrons. The standard InChI is InChI=1S/C18H24N2O2/c1-3-5-12-19-13-14-10-11-16(20-18(14)21)15-8-6-7-9-17(15)22-4-2/h6-11,19H,3-5,12-13H2,1-2H3,(H,20,21). The van der Waals surface area contributed by atoms with Crippen molar-refractivity contribution in [2.45, 2.75) is 33.2 Å². The van der Waals surface area contributed by atoms with Gasteiger partial charge in [-0.05, 0) is 38.1 Å². The van der Waals surface area contributed by atoms with Gasteiger partial charge in [-0.25, -0.2) is 0 Å². The second kappa shape index (κ2) is 8.39. The third-order valence-corrected chi connectivity index (χ3v) is 3.49. The number of aromatic amines is 1. The Balaban J connectivity index is 2.17. The Morgan fingerprint density at radius 2 is 1.95 bits per heavy atom. The lowest BCUT2D eigenvalue weighted by atomic mass is 10.1. The maximum absolute atomic E-state index is 12.2. The van der Waals surface area contributed by atoms with Crippen molar-refractivity contribution in [1.29, 1.82) is 0 Å². The van der Waals surface area contributed by atoms with Crippen LogP contribution in [0.3, 0.4) is 0 Å². The van der Waals surface area contributed by atoms with E-state index in [-0.39, 0.29) is 5.56 Å². The second-order valence-electron chi connectivity index (χ2n) is 5.19. The van der Waals surface area contributed by atoms with Crippen molar-refractivity contribution < 1.29 is 4.74 Å². The van der Waals surface area contributed by atoms with Crippen molar-refractivity contribution in [1.82, 2.24) is 10.3 Å². The van der Waals surface area contributed by atoms with E-state index >= 15 is 0 Å². The maximum Gasteiger partial charge on any atom is 0.252 e. The molecule has 118 valence electrons. The molecule has 4 heteroatoms. The van der Waals surface area contributed by atoms with Gasteiger partial charge >= 0.3 is 0 Å². The summed E-state index contributed by atoms with van der Waals surface area (Å²) in [6.45, 7) is 6.23. The Morgan fingerprint density at radius 1 is 1.14 bits per heavy atom. The molecule has 0 aliphatic heterocycles. The van der Waals surface area contributed by atoms with E-state index in [4.69, 9.17) is 4.74 Å². The summed E-state index contributed by atoms with van der Waals surface area (Å²) in [5.41, 5.74) is 2.40. The van der Waals surface area contributed by atoms with E-state index in [1.807, 2.05) is 43.3 Å². The molecule has 1 aromatic carbocycles. The third-order valence-electron chi connectivity index (χ3n) is 3.49. The van der Waals surface area contributed by atoms with Crippen molar-refractivity contribution in [2.75, 3.05) is 13.2 Å². The van der Waals surface area contributed by atoms with Crippen LogP contribution in [0.4, 0.5) is 0 Å². The average Bonchev–Trinajstić information content (AvgIpc) is 2.54. The van der Waals surface area contributed by atoms with Gasteiger partial charge in [0, 0.05) is 17.7 Å². The molecule has 0 saturated heterocycles. The van der Waals surface area contributed by atoms with Gasteiger partial charge < -0.3 is 15.0 Å². The van der Waals surface area contributed by atoms with Crippen LogP contribution in [0.1, 0.15) is 32.3 Å². The molecule has 0 aliphatic rings. The van der Waals surface area contributed by atoms with Crippen molar-refractivity contribution in [3.05, 3.63) is 52.3 Å². The first-order valence-electron chi connectivity index (χ1n) is 7.91. The summed E-state index contributed by atoms with van der Waals surface area (Å²) >= 11 is 0. The van der Waals surface area contributed by atoms with Gasteiger partial charge in [-0.1, -0.05) is 31.5 Å². The van der Waals surface area contributed by atoms with Gasteiger partial charge in [0.15, 0.2) is 0 Å². The molecule has 2 N–H and O–H groups in total. The number of aromatic nitrogens is 1. The number of H-pyrrole nitrogens is 1. The molecule has 0 bridgehead atoms. The Bertz CT molecular complexity index is 650. The highest BCUT2D eigenvalue weighted by atomic mass is 16.5. The molecule has 0 amide bonds. The van der Waals surface area contributed by atoms with E-state index in [2.05, 4.69) is 17.2 Å². The first kappa shape index (κ1) is 16.3. The predicted molar refractivity (Wildman–Crippen MR) is 90.3 cm³/mol. The molecule has 0 saturated carbocycles. The fraction of sp³-hybridized carbons (Fsp3) is 0.389. The number of ether oxygens (including phenoxy) is 1. The first-order chi connectivity index (χ1) is 10.8. The molecule has 2 aromatic rings. The molecule has 4 nitrogen and oxygen atoms in total. The molecular formula is C18H24N2O2. The Hall–Kier alpha value is -2.07. The van der Waals surface area contributed by atoms with Gasteiger partial charge in [0.25, 0.3) is 5.56 Å². The van der Waals surface area contributed by atoms with Crippen LogP contribution in [0.15, 0.2) is 41.2 Å². The highest BCUT2D eigenvalue weighted by Crippen LogP contribution is 2.27. The quantitative estimate of drug-likeness (QED) is 0.735. The average molecular weight is 300 g/mol. The molecule has 0 aliphatic carbocycles. The van der Waals surface area contributed by atoms with Gasteiger partial charge in [0.1, 0.15) is 5.75 Å². The minimum Gasteiger partial charge on any atom is -0.493 e. The minimum atomic E-state index is -0.0483. The molecule has 2 rings (SSSR count). The number of benzene rings is 1. The van der Waals surface area contributed by atoms with Crippen LogP contribution in [0.25, 0.3) is 11.3 Å². The summed E-state index contributed by atoms with van der Waals surface area (Å²) in [5.74, 6) is 0.787. The lowest BCUT2D eigenvalue weighted by Crippen LogP contribution is -2.22. The smallest absolute Gasteiger partial charge is 0.252 e. The number of para-hydroxylation sites is 1. The van der Waals surface area contributed by atoms with Crippen LogP contribution < -0.4 is 15.6 Å². The molecule has 0 atom stereocenters. The van der Waals surface area contributed by atoms with Crippen LogP contribution >= 0.6 is 0 Å². The summed E-state index contributed by atoms with van der Waals surface area (Å²) in [7, 11) is 0. The van der Waals surface area contributed by atoms with Crippen molar-refractivity contribution in [3.63, 3.8) is 0 Å². The first-order valence-corrected chi connectivity index (χ1v) is 7.91. The van der Waals surface area contributed by atoms with E-state index < -0.39 is 0 Å². The van der Waals surface area contributed by atoms with Gasteiger partial charge in [0.05, 0.1) is 12.3 Å². The summed E-state index contributed by atoms with van der Waals surface area (Å²) < 4.78 is 5.62. The lowest BCUT2D eigenvalue weighted by Gasteiger charge is -2.10. The molecule has 0 spiro atoms. The minimum absolute atomic E-state index is 0.0483. The molecule has 1 aromatic heterocycles. The van der Waals surface area contributed by atoms with Crippen LogP contribution in [-0.2, 0) is 6.54 Å². The zero-order valence-electron chi connectivity index (χ0n) is 13.3.